The van der Waals surface area contributed by atoms with Gasteiger partial charge in [0.05, 0.1) is 12.6 Å². The number of phenolic OH excluding ortho intramolecular Hbond substituents is 1. The zero-order valence-corrected chi connectivity index (χ0v) is 10.3. The number of hydrogen-bond acceptors (Lipinski definition) is 4. The molecule has 2 aromatic rings. The molecule has 0 atom stereocenters. The van der Waals surface area contributed by atoms with Crippen molar-refractivity contribution in [1.82, 2.24) is 0 Å². The summed E-state index contributed by atoms with van der Waals surface area (Å²) in [4.78, 5) is 4.95. The van der Waals surface area contributed by atoms with Crippen LogP contribution >= 0.6 is 0 Å². The quantitative estimate of drug-likeness (QED) is 0.500. The van der Waals surface area contributed by atoms with Crippen molar-refractivity contribution in [3.63, 3.8) is 0 Å². The summed E-state index contributed by atoms with van der Waals surface area (Å²) in [7, 11) is 0. The second-order valence-electron chi connectivity index (χ2n) is 3.97. The van der Waals surface area contributed by atoms with Crippen LogP contribution in [0.5, 0.6) is 5.75 Å². The first-order valence-corrected chi connectivity index (χ1v) is 5.85. The molecule has 0 bridgehead atoms. The Kier molecular flexibility index (Phi) is 4.29. The van der Waals surface area contributed by atoms with E-state index in [1.54, 1.807) is 24.3 Å². The summed E-state index contributed by atoms with van der Waals surface area (Å²) in [5.74, 6) is 0.183. The average molecular weight is 254 g/mol. The van der Waals surface area contributed by atoms with E-state index in [0.717, 1.165) is 5.56 Å². The van der Waals surface area contributed by atoms with Crippen LogP contribution in [0.3, 0.4) is 0 Å². The lowest BCUT2D eigenvalue weighted by Crippen LogP contribution is -2.03. The highest BCUT2D eigenvalue weighted by atomic mass is 16.6. The van der Waals surface area contributed by atoms with Gasteiger partial charge in [0.15, 0.2) is 0 Å². The van der Waals surface area contributed by atoms with E-state index in [0.29, 0.717) is 12.0 Å². The van der Waals surface area contributed by atoms with Crippen LogP contribution in [-0.4, -0.2) is 17.2 Å². The molecule has 2 rings (SSSR count). The van der Waals surface area contributed by atoms with Gasteiger partial charge in [-0.1, -0.05) is 47.6 Å². The number of hydrogen-bond donors (Lipinski definition) is 2. The Balaban J connectivity index is 1.89. The molecule has 2 aromatic carbocycles. The number of oxime groups is 1. The molecule has 96 valence electrons. The maximum absolute atomic E-state index is 9.51. The summed E-state index contributed by atoms with van der Waals surface area (Å²) >= 11 is 0. The fraction of sp³-hybridized carbons (Fsp3) is 0.0667. The maximum Gasteiger partial charge on any atom is 0.221 e. The number of benzene rings is 2. The summed E-state index contributed by atoms with van der Waals surface area (Å²) in [5, 5.41) is 20.8. The van der Waals surface area contributed by atoms with Gasteiger partial charge in [0, 0.05) is 5.56 Å². The smallest absolute Gasteiger partial charge is 0.221 e. The van der Waals surface area contributed by atoms with E-state index in [9.17, 15) is 5.11 Å². The Hall–Kier alpha value is -2.62. The summed E-state index contributed by atoms with van der Waals surface area (Å²) in [5.41, 5.74) is 1.54. The summed E-state index contributed by atoms with van der Waals surface area (Å²) in [6, 6.07) is 16.4. The fourth-order valence-corrected chi connectivity index (χ4v) is 1.56. The lowest BCUT2D eigenvalue weighted by molar-refractivity contribution is 0.319. The summed E-state index contributed by atoms with van der Waals surface area (Å²) < 4.78 is 0. The van der Waals surface area contributed by atoms with E-state index in [1.807, 2.05) is 30.3 Å². The standard InChI is InChI=1S/C15H14N2O2/c16-15(10-12-6-2-1-3-7-12)19-17-11-13-8-4-5-9-14(13)18/h1-9,11,16,18H,10H2/b16-15?,17-11+. The van der Waals surface area contributed by atoms with E-state index in [-0.39, 0.29) is 11.6 Å². The Morgan fingerprint density at radius 1 is 1.11 bits per heavy atom. The molecular weight excluding hydrogens is 240 g/mol. The molecule has 0 saturated heterocycles. The summed E-state index contributed by atoms with van der Waals surface area (Å²) in [6.07, 6.45) is 1.77. The molecule has 0 radical (unpaired) electrons. The molecule has 0 amide bonds. The third-order valence-corrected chi connectivity index (χ3v) is 2.50. The Labute approximate surface area is 111 Å². The third kappa shape index (κ3) is 3.96. The van der Waals surface area contributed by atoms with Crippen LogP contribution in [0.1, 0.15) is 11.1 Å². The van der Waals surface area contributed by atoms with Crippen LogP contribution in [0.25, 0.3) is 0 Å². The molecule has 0 aliphatic carbocycles. The lowest BCUT2D eigenvalue weighted by atomic mass is 10.1. The lowest BCUT2D eigenvalue weighted by Gasteiger charge is -2.01. The monoisotopic (exact) mass is 254 g/mol. The molecule has 0 aliphatic rings. The Morgan fingerprint density at radius 2 is 1.79 bits per heavy atom. The summed E-state index contributed by atoms with van der Waals surface area (Å²) in [6.45, 7) is 0. The zero-order chi connectivity index (χ0) is 13.5. The van der Waals surface area contributed by atoms with Gasteiger partial charge < -0.3 is 9.94 Å². The first kappa shape index (κ1) is 12.8. The first-order chi connectivity index (χ1) is 9.25. The van der Waals surface area contributed by atoms with Crippen LogP contribution < -0.4 is 0 Å². The molecule has 0 saturated carbocycles. The SMILES string of the molecule is N=C(Cc1ccccc1)O/N=C/c1ccccc1O. The van der Waals surface area contributed by atoms with Crippen molar-refractivity contribution >= 4 is 12.1 Å². The van der Waals surface area contributed by atoms with Gasteiger partial charge in [-0.15, -0.1) is 0 Å². The Bertz CT molecular complexity index is 580. The fourth-order valence-electron chi connectivity index (χ4n) is 1.56. The van der Waals surface area contributed by atoms with Gasteiger partial charge in [-0.25, -0.2) is 0 Å². The van der Waals surface area contributed by atoms with Crippen molar-refractivity contribution in [1.29, 1.82) is 5.41 Å². The van der Waals surface area contributed by atoms with Gasteiger partial charge >= 0.3 is 0 Å². The van der Waals surface area contributed by atoms with Gasteiger partial charge in [0.1, 0.15) is 5.75 Å². The molecule has 0 aliphatic heterocycles. The molecule has 4 heteroatoms. The molecule has 0 heterocycles. The highest BCUT2D eigenvalue weighted by Gasteiger charge is 2.00. The van der Waals surface area contributed by atoms with Gasteiger partial charge in [0.25, 0.3) is 0 Å². The molecule has 4 nitrogen and oxygen atoms in total. The van der Waals surface area contributed by atoms with E-state index in [2.05, 4.69) is 5.16 Å². The molecule has 19 heavy (non-hydrogen) atoms. The number of nitrogens with one attached hydrogen (secondary N) is 1. The van der Waals surface area contributed by atoms with E-state index >= 15 is 0 Å². The van der Waals surface area contributed by atoms with Gasteiger partial charge in [-0.3, -0.25) is 5.41 Å². The molecule has 0 aromatic heterocycles. The van der Waals surface area contributed by atoms with E-state index < -0.39 is 0 Å². The molecule has 2 N–H and O–H groups in total. The third-order valence-electron chi connectivity index (χ3n) is 2.50. The van der Waals surface area contributed by atoms with Crippen molar-refractivity contribution in [2.45, 2.75) is 6.42 Å². The van der Waals surface area contributed by atoms with Crippen molar-refractivity contribution in [2.24, 2.45) is 5.16 Å². The average Bonchev–Trinajstić information content (AvgIpc) is 2.42. The van der Waals surface area contributed by atoms with Crippen LogP contribution in [0.2, 0.25) is 0 Å². The highest BCUT2D eigenvalue weighted by Crippen LogP contribution is 2.12. The van der Waals surface area contributed by atoms with Gasteiger partial charge in [-0.2, -0.15) is 0 Å². The molecule has 0 fully saturated rings. The molecular formula is C15H14N2O2. The van der Waals surface area contributed by atoms with Crippen LogP contribution in [0.15, 0.2) is 59.8 Å². The molecule has 0 unspecified atom stereocenters. The second-order valence-corrected chi connectivity index (χ2v) is 3.97. The first-order valence-electron chi connectivity index (χ1n) is 5.85. The van der Waals surface area contributed by atoms with Crippen molar-refractivity contribution < 1.29 is 9.94 Å². The van der Waals surface area contributed by atoms with Gasteiger partial charge in [-0.05, 0) is 17.7 Å². The van der Waals surface area contributed by atoms with E-state index in [1.165, 1.54) is 6.21 Å². The van der Waals surface area contributed by atoms with Crippen LogP contribution in [-0.2, 0) is 11.3 Å². The predicted molar refractivity (Wildman–Crippen MR) is 74.7 cm³/mol. The minimum absolute atomic E-state index is 0.0536. The number of nitrogens with zero attached hydrogens (tertiary/aromatic N) is 1. The number of aromatic hydroxyl groups is 1. The minimum Gasteiger partial charge on any atom is -0.507 e. The number of rotatable bonds is 4. The van der Waals surface area contributed by atoms with Crippen LogP contribution in [0, 0.1) is 5.41 Å². The topological polar surface area (TPSA) is 65.7 Å². The molecule has 0 spiro atoms. The Morgan fingerprint density at radius 3 is 2.53 bits per heavy atom. The second kappa shape index (κ2) is 6.35. The maximum atomic E-state index is 9.51. The van der Waals surface area contributed by atoms with Crippen LogP contribution in [0.4, 0.5) is 0 Å². The number of phenols is 1. The predicted octanol–water partition coefficient (Wildman–Crippen LogP) is 2.96. The minimum atomic E-state index is 0.0536. The largest absolute Gasteiger partial charge is 0.507 e. The highest BCUT2D eigenvalue weighted by molar-refractivity contribution is 5.84. The zero-order valence-electron chi connectivity index (χ0n) is 10.3. The van der Waals surface area contributed by atoms with Crippen molar-refractivity contribution in [3.05, 3.63) is 65.7 Å². The van der Waals surface area contributed by atoms with Gasteiger partial charge in [0.2, 0.25) is 5.90 Å². The van der Waals surface area contributed by atoms with Crippen molar-refractivity contribution in [2.75, 3.05) is 0 Å². The normalized spacial score (nSPS) is 10.5. The van der Waals surface area contributed by atoms with Crippen molar-refractivity contribution in [3.8, 4) is 5.75 Å². The number of para-hydroxylation sites is 1. The van der Waals surface area contributed by atoms with E-state index in [4.69, 9.17) is 10.2 Å².